The topological polar surface area (TPSA) is 71.2 Å². The van der Waals surface area contributed by atoms with Crippen LogP contribution in [0.15, 0.2) is 12.3 Å². The molecule has 1 aromatic rings. The van der Waals surface area contributed by atoms with Crippen LogP contribution in [0.5, 0.6) is 0 Å². The molecule has 0 saturated carbocycles. The van der Waals surface area contributed by atoms with Crippen LogP contribution < -0.4 is 11.1 Å². The summed E-state index contributed by atoms with van der Waals surface area (Å²) in [5.41, 5.74) is 5.93. The molecule has 2 rings (SSSR count). The van der Waals surface area contributed by atoms with Crippen LogP contribution in [0.1, 0.15) is 23.2 Å². The zero-order valence-electron chi connectivity index (χ0n) is 10.2. The van der Waals surface area contributed by atoms with Gasteiger partial charge in [0.05, 0.1) is 10.6 Å². The molecule has 0 aliphatic carbocycles. The molecule has 1 amide bonds. The van der Waals surface area contributed by atoms with Gasteiger partial charge in [0.2, 0.25) is 0 Å². The van der Waals surface area contributed by atoms with E-state index in [9.17, 15) is 4.79 Å². The molecule has 1 aromatic heterocycles. The summed E-state index contributed by atoms with van der Waals surface area (Å²) in [6.07, 6.45) is 3.95. The van der Waals surface area contributed by atoms with Crippen LogP contribution in [0.25, 0.3) is 0 Å². The minimum atomic E-state index is -0.163. The number of nitrogens with two attached hydrogens (primary N) is 1. The maximum absolute atomic E-state index is 11.8. The molecule has 1 saturated heterocycles. The first-order valence-corrected chi connectivity index (χ1v) is 6.46. The Morgan fingerprint density at radius 2 is 2.22 bits per heavy atom. The van der Waals surface area contributed by atoms with E-state index in [1.807, 2.05) is 0 Å². The minimum absolute atomic E-state index is 0.163. The van der Waals surface area contributed by atoms with E-state index in [4.69, 9.17) is 17.3 Å². The van der Waals surface area contributed by atoms with Gasteiger partial charge in [-0.1, -0.05) is 11.6 Å². The van der Waals surface area contributed by atoms with E-state index in [1.54, 1.807) is 0 Å². The van der Waals surface area contributed by atoms with Crippen molar-refractivity contribution in [1.29, 1.82) is 0 Å². The molecule has 98 valence electrons. The highest BCUT2D eigenvalue weighted by Crippen LogP contribution is 2.16. The number of carbonyl (C=O) groups excluding carboxylic acids is 1. The first-order valence-electron chi connectivity index (χ1n) is 6.08. The number of pyridine rings is 1. The Kier molecular flexibility index (Phi) is 4.38. The van der Waals surface area contributed by atoms with Gasteiger partial charge in [0.15, 0.2) is 0 Å². The van der Waals surface area contributed by atoms with Gasteiger partial charge in [0, 0.05) is 19.3 Å². The quantitative estimate of drug-likeness (QED) is 0.859. The van der Waals surface area contributed by atoms with Crippen molar-refractivity contribution in [2.45, 2.75) is 12.8 Å². The van der Waals surface area contributed by atoms with Crippen LogP contribution in [0, 0.1) is 0 Å². The predicted octanol–water partition coefficient (Wildman–Crippen LogP) is 1.14. The second-order valence-electron chi connectivity index (χ2n) is 4.40. The second-order valence-corrected chi connectivity index (χ2v) is 4.80. The molecule has 3 N–H and O–H groups in total. The lowest BCUT2D eigenvalue weighted by atomic mass is 10.2. The van der Waals surface area contributed by atoms with Crippen LogP contribution in [0.3, 0.4) is 0 Å². The van der Waals surface area contributed by atoms with E-state index < -0.39 is 0 Å². The highest BCUT2D eigenvalue weighted by molar-refractivity contribution is 6.33. The van der Waals surface area contributed by atoms with Gasteiger partial charge in [0.1, 0.15) is 5.82 Å². The van der Waals surface area contributed by atoms with Crippen molar-refractivity contribution in [3.8, 4) is 0 Å². The molecule has 0 spiro atoms. The third-order valence-corrected chi connectivity index (χ3v) is 3.35. The van der Waals surface area contributed by atoms with E-state index in [-0.39, 0.29) is 11.7 Å². The Bertz CT molecular complexity index is 432. The van der Waals surface area contributed by atoms with Crippen molar-refractivity contribution in [1.82, 2.24) is 15.2 Å². The Morgan fingerprint density at radius 1 is 1.50 bits per heavy atom. The molecule has 0 bridgehead atoms. The molecule has 1 fully saturated rings. The third kappa shape index (κ3) is 3.34. The van der Waals surface area contributed by atoms with Crippen molar-refractivity contribution < 1.29 is 4.79 Å². The number of aromatic nitrogens is 1. The number of hydrogen-bond donors (Lipinski definition) is 2. The summed E-state index contributed by atoms with van der Waals surface area (Å²) in [7, 11) is 0. The van der Waals surface area contributed by atoms with E-state index in [2.05, 4.69) is 15.2 Å². The van der Waals surface area contributed by atoms with Gasteiger partial charge in [-0.15, -0.1) is 0 Å². The van der Waals surface area contributed by atoms with Gasteiger partial charge in [-0.2, -0.15) is 0 Å². The summed E-state index contributed by atoms with van der Waals surface area (Å²) < 4.78 is 0. The third-order valence-electron chi connectivity index (χ3n) is 3.04. The fourth-order valence-electron chi connectivity index (χ4n) is 2.01. The van der Waals surface area contributed by atoms with Gasteiger partial charge >= 0.3 is 0 Å². The molecule has 1 aliphatic rings. The molecular weight excluding hydrogens is 252 g/mol. The van der Waals surface area contributed by atoms with Crippen molar-refractivity contribution in [2.24, 2.45) is 0 Å². The molecule has 6 heteroatoms. The predicted molar refractivity (Wildman–Crippen MR) is 71.7 cm³/mol. The number of amides is 1. The smallest absolute Gasteiger partial charge is 0.252 e. The van der Waals surface area contributed by atoms with Crippen LogP contribution in [-0.4, -0.2) is 42.0 Å². The molecule has 0 atom stereocenters. The van der Waals surface area contributed by atoms with Crippen molar-refractivity contribution >= 4 is 23.3 Å². The number of nitrogen functional groups attached to an aromatic ring is 1. The Hall–Kier alpha value is -1.33. The maximum Gasteiger partial charge on any atom is 0.252 e. The van der Waals surface area contributed by atoms with Gasteiger partial charge in [0.25, 0.3) is 5.91 Å². The number of hydrogen-bond acceptors (Lipinski definition) is 4. The van der Waals surface area contributed by atoms with Crippen molar-refractivity contribution in [3.05, 3.63) is 22.8 Å². The average Bonchev–Trinajstić information content (AvgIpc) is 2.85. The second kappa shape index (κ2) is 6.02. The monoisotopic (exact) mass is 268 g/mol. The van der Waals surface area contributed by atoms with Crippen LogP contribution in [0.4, 0.5) is 5.82 Å². The highest BCUT2D eigenvalue weighted by atomic mass is 35.5. The lowest BCUT2D eigenvalue weighted by Crippen LogP contribution is -2.33. The summed E-state index contributed by atoms with van der Waals surface area (Å²) >= 11 is 5.82. The van der Waals surface area contributed by atoms with Crippen molar-refractivity contribution in [3.63, 3.8) is 0 Å². The van der Waals surface area contributed by atoms with Gasteiger partial charge in [-0.3, -0.25) is 4.79 Å². The fourth-order valence-corrected chi connectivity index (χ4v) is 2.17. The number of carbonyl (C=O) groups is 1. The minimum Gasteiger partial charge on any atom is -0.382 e. The fraction of sp³-hybridized carbons (Fsp3) is 0.500. The summed E-state index contributed by atoms with van der Waals surface area (Å²) in [6, 6.07) is 1.54. The molecule has 5 nitrogen and oxygen atoms in total. The Labute approximate surface area is 111 Å². The molecule has 0 unspecified atom stereocenters. The van der Waals surface area contributed by atoms with Crippen LogP contribution >= 0.6 is 11.6 Å². The van der Waals surface area contributed by atoms with Crippen molar-refractivity contribution in [2.75, 3.05) is 31.9 Å². The summed E-state index contributed by atoms with van der Waals surface area (Å²) in [4.78, 5) is 18.0. The number of nitrogens with one attached hydrogen (secondary N) is 1. The molecular formula is C12H17ClN4O. The molecule has 0 radical (unpaired) electrons. The lowest BCUT2D eigenvalue weighted by Gasteiger charge is -2.14. The lowest BCUT2D eigenvalue weighted by molar-refractivity contribution is 0.0949. The maximum atomic E-state index is 11.8. The van der Waals surface area contributed by atoms with E-state index in [0.717, 1.165) is 19.6 Å². The highest BCUT2D eigenvalue weighted by Gasteiger charge is 2.12. The summed E-state index contributed by atoms with van der Waals surface area (Å²) in [5, 5.41) is 3.16. The summed E-state index contributed by atoms with van der Waals surface area (Å²) in [5.74, 6) is 0.0777. The van der Waals surface area contributed by atoms with E-state index in [1.165, 1.54) is 25.1 Å². The van der Waals surface area contributed by atoms with Gasteiger partial charge in [-0.05, 0) is 32.0 Å². The van der Waals surface area contributed by atoms with Gasteiger partial charge in [-0.25, -0.2) is 4.98 Å². The standard InChI is InChI=1S/C12H17ClN4O/c13-10-7-9(8-16-11(10)14)12(18)15-3-6-17-4-1-2-5-17/h7-8H,1-6H2,(H2,14,16)(H,15,18). The number of likely N-dealkylation sites (tertiary alicyclic amines) is 1. The normalized spacial score (nSPS) is 15.8. The molecule has 0 aromatic carbocycles. The van der Waals surface area contributed by atoms with E-state index in [0.29, 0.717) is 17.1 Å². The average molecular weight is 269 g/mol. The molecule has 1 aliphatic heterocycles. The Morgan fingerprint density at radius 3 is 2.89 bits per heavy atom. The number of anilines is 1. The number of rotatable bonds is 4. The largest absolute Gasteiger partial charge is 0.382 e. The van der Waals surface area contributed by atoms with Crippen LogP contribution in [0.2, 0.25) is 5.02 Å². The Balaban J connectivity index is 1.81. The number of nitrogens with zero attached hydrogens (tertiary/aromatic N) is 2. The van der Waals surface area contributed by atoms with Crippen LogP contribution in [-0.2, 0) is 0 Å². The zero-order valence-corrected chi connectivity index (χ0v) is 10.9. The van der Waals surface area contributed by atoms with Gasteiger partial charge < -0.3 is 16.0 Å². The number of halogens is 1. The summed E-state index contributed by atoms with van der Waals surface area (Å²) in [6.45, 7) is 3.79. The first kappa shape index (κ1) is 13.1. The first-order chi connectivity index (χ1) is 8.66. The molecule has 18 heavy (non-hydrogen) atoms. The zero-order chi connectivity index (χ0) is 13.0. The SMILES string of the molecule is Nc1ncc(C(=O)NCCN2CCCC2)cc1Cl. The molecule has 2 heterocycles. The van der Waals surface area contributed by atoms with E-state index >= 15 is 0 Å².